The van der Waals surface area contributed by atoms with E-state index in [1.54, 1.807) is 24.3 Å². The molecule has 24 heavy (non-hydrogen) atoms. The fourth-order valence-electron chi connectivity index (χ4n) is 2.11. The maximum absolute atomic E-state index is 12.4. The highest BCUT2D eigenvalue weighted by atomic mass is 35.5. The molecule has 0 saturated carbocycles. The maximum atomic E-state index is 12.4. The van der Waals surface area contributed by atoms with Crippen molar-refractivity contribution < 1.29 is 19.2 Å². The molecule has 0 unspecified atom stereocenters. The van der Waals surface area contributed by atoms with Crippen LogP contribution in [0.3, 0.4) is 0 Å². The van der Waals surface area contributed by atoms with Gasteiger partial charge < -0.3 is 14.8 Å². The summed E-state index contributed by atoms with van der Waals surface area (Å²) in [6.45, 7) is 0.143. The summed E-state index contributed by atoms with van der Waals surface area (Å²) in [4.78, 5) is 23.0. The number of nitrogens with one attached hydrogen (secondary N) is 1. The zero-order valence-corrected chi connectivity index (χ0v) is 13.8. The monoisotopic (exact) mass is 350 g/mol. The van der Waals surface area contributed by atoms with Gasteiger partial charge in [0.25, 0.3) is 11.6 Å². The quantitative estimate of drug-likeness (QED) is 0.638. The largest absolute Gasteiger partial charge is 0.493 e. The van der Waals surface area contributed by atoms with Crippen LogP contribution in [-0.4, -0.2) is 25.1 Å². The van der Waals surface area contributed by atoms with Crippen molar-refractivity contribution in [3.63, 3.8) is 0 Å². The third kappa shape index (κ3) is 3.75. The number of nitrogens with zero attached hydrogens (tertiary/aromatic N) is 1. The van der Waals surface area contributed by atoms with E-state index in [0.717, 1.165) is 6.07 Å². The Bertz CT molecular complexity index is 779. The van der Waals surface area contributed by atoms with Crippen molar-refractivity contribution in [2.75, 3.05) is 14.2 Å². The summed E-state index contributed by atoms with van der Waals surface area (Å²) in [7, 11) is 2.74. The molecule has 0 bridgehead atoms. The first-order chi connectivity index (χ1) is 11.5. The number of ether oxygens (including phenoxy) is 2. The molecule has 0 atom stereocenters. The smallest absolute Gasteiger partial charge is 0.286 e. The molecular formula is C16H15ClN2O5. The Morgan fingerprint density at radius 3 is 2.42 bits per heavy atom. The molecule has 7 nitrogen and oxygen atoms in total. The molecule has 0 aliphatic carbocycles. The Kier molecular flexibility index (Phi) is 5.59. The molecule has 0 aliphatic heterocycles. The number of methoxy groups -OCH3 is 2. The van der Waals surface area contributed by atoms with Gasteiger partial charge in [0.15, 0.2) is 11.5 Å². The van der Waals surface area contributed by atoms with Crippen LogP contribution in [0, 0.1) is 10.1 Å². The van der Waals surface area contributed by atoms with E-state index in [9.17, 15) is 14.9 Å². The molecule has 2 rings (SSSR count). The first kappa shape index (κ1) is 17.6. The summed E-state index contributed by atoms with van der Waals surface area (Å²) >= 11 is 6.03. The highest BCUT2D eigenvalue weighted by molar-refractivity contribution is 6.31. The number of halogens is 1. The second-order valence-electron chi connectivity index (χ2n) is 4.76. The molecule has 2 aromatic rings. The molecule has 0 spiro atoms. The molecule has 0 aliphatic rings. The Balaban J connectivity index is 2.30. The van der Waals surface area contributed by atoms with Gasteiger partial charge in [-0.05, 0) is 11.6 Å². The van der Waals surface area contributed by atoms with Crippen molar-refractivity contribution in [3.05, 3.63) is 62.7 Å². The van der Waals surface area contributed by atoms with E-state index in [0.29, 0.717) is 10.6 Å². The zero-order chi connectivity index (χ0) is 17.7. The molecule has 0 saturated heterocycles. The number of amides is 1. The van der Waals surface area contributed by atoms with E-state index in [1.807, 2.05) is 0 Å². The molecule has 1 N–H and O–H groups in total. The summed E-state index contributed by atoms with van der Waals surface area (Å²) in [5, 5.41) is 14.3. The average Bonchev–Trinajstić information content (AvgIpc) is 2.59. The number of carbonyl (C=O) groups excluding carboxylic acids is 1. The van der Waals surface area contributed by atoms with Gasteiger partial charge in [-0.2, -0.15) is 0 Å². The van der Waals surface area contributed by atoms with Crippen molar-refractivity contribution in [1.82, 2.24) is 5.32 Å². The molecule has 1 amide bonds. The van der Waals surface area contributed by atoms with Gasteiger partial charge in [-0.1, -0.05) is 29.8 Å². The highest BCUT2D eigenvalue weighted by Gasteiger charge is 2.24. The molecule has 0 aromatic heterocycles. The fourth-order valence-corrected chi connectivity index (χ4v) is 2.32. The standard InChI is InChI=1S/C16H15ClN2O5/c1-23-14-7-11(13(19(21)22)8-15(14)24-2)16(20)18-9-10-5-3-4-6-12(10)17/h3-8H,9H2,1-2H3,(H,18,20). The third-order valence-corrected chi connectivity index (χ3v) is 3.71. The Hall–Kier alpha value is -2.80. The lowest BCUT2D eigenvalue weighted by Gasteiger charge is -2.11. The topological polar surface area (TPSA) is 90.7 Å². The van der Waals surface area contributed by atoms with E-state index < -0.39 is 10.8 Å². The van der Waals surface area contributed by atoms with Gasteiger partial charge >= 0.3 is 0 Å². The Morgan fingerprint density at radius 1 is 1.21 bits per heavy atom. The molecule has 126 valence electrons. The number of hydrogen-bond donors (Lipinski definition) is 1. The van der Waals surface area contributed by atoms with Crippen LogP contribution in [0.25, 0.3) is 0 Å². The summed E-state index contributed by atoms with van der Waals surface area (Å²) in [5.74, 6) is -0.208. The second-order valence-corrected chi connectivity index (χ2v) is 5.16. The number of hydrogen-bond acceptors (Lipinski definition) is 5. The van der Waals surface area contributed by atoms with Crippen molar-refractivity contribution in [3.8, 4) is 11.5 Å². The van der Waals surface area contributed by atoms with Gasteiger partial charge in [0, 0.05) is 17.6 Å². The molecule has 0 heterocycles. The molecule has 0 radical (unpaired) electrons. The summed E-state index contributed by atoms with van der Waals surface area (Å²) in [6, 6.07) is 9.44. The summed E-state index contributed by atoms with van der Waals surface area (Å²) < 4.78 is 10.1. The van der Waals surface area contributed by atoms with Crippen LogP contribution in [0.15, 0.2) is 36.4 Å². The van der Waals surface area contributed by atoms with Gasteiger partial charge in [0.05, 0.1) is 25.2 Å². The SMILES string of the molecule is COc1cc(C(=O)NCc2ccccc2Cl)c([N+](=O)[O-])cc1OC. The first-order valence-corrected chi connectivity index (χ1v) is 7.27. The van der Waals surface area contributed by atoms with Crippen LogP contribution in [0.2, 0.25) is 5.02 Å². The first-order valence-electron chi connectivity index (χ1n) is 6.90. The predicted molar refractivity (Wildman–Crippen MR) is 88.8 cm³/mol. The third-order valence-electron chi connectivity index (χ3n) is 3.34. The van der Waals surface area contributed by atoms with E-state index >= 15 is 0 Å². The molecule has 2 aromatic carbocycles. The maximum Gasteiger partial charge on any atom is 0.286 e. The Labute approximate surface area is 143 Å². The van der Waals surface area contributed by atoms with Crippen molar-refractivity contribution >= 4 is 23.2 Å². The minimum atomic E-state index is -0.646. The average molecular weight is 351 g/mol. The van der Waals surface area contributed by atoms with Crippen LogP contribution < -0.4 is 14.8 Å². The van der Waals surface area contributed by atoms with Crippen LogP contribution in [-0.2, 0) is 6.54 Å². The number of nitro groups is 1. The normalized spacial score (nSPS) is 10.1. The number of carbonyl (C=O) groups is 1. The van der Waals surface area contributed by atoms with Gasteiger partial charge in [0.2, 0.25) is 0 Å². The van der Waals surface area contributed by atoms with E-state index in [-0.39, 0.29) is 29.3 Å². The van der Waals surface area contributed by atoms with Crippen LogP contribution >= 0.6 is 11.6 Å². The van der Waals surface area contributed by atoms with Crippen molar-refractivity contribution in [2.24, 2.45) is 0 Å². The number of benzene rings is 2. The molecular weight excluding hydrogens is 336 g/mol. The predicted octanol–water partition coefficient (Wildman–Crippen LogP) is 3.20. The van der Waals surface area contributed by atoms with Gasteiger partial charge in [-0.25, -0.2) is 0 Å². The van der Waals surface area contributed by atoms with Gasteiger partial charge in [0.1, 0.15) is 5.56 Å². The zero-order valence-electron chi connectivity index (χ0n) is 13.0. The van der Waals surface area contributed by atoms with Gasteiger partial charge in [-0.15, -0.1) is 0 Å². The van der Waals surface area contributed by atoms with Crippen LogP contribution in [0.4, 0.5) is 5.69 Å². The minimum absolute atomic E-state index is 0.121. The van der Waals surface area contributed by atoms with Crippen LogP contribution in [0.1, 0.15) is 15.9 Å². The molecule has 8 heteroatoms. The Morgan fingerprint density at radius 2 is 1.83 bits per heavy atom. The van der Waals surface area contributed by atoms with Crippen molar-refractivity contribution in [1.29, 1.82) is 0 Å². The highest BCUT2D eigenvalue weighted by Crippen LogP contribution is 2.34. The number of rotatable bonds is 6. The lowest BCUT2D eigenvalue weighted by molar-refractivity contribution is -0.385. The lowest BCUT2D eigenvalue weighted by Crippen LogP contribution is -2.24. The lowest BCUT2D eigenvalue weighted by atomic mass is 10.1. The molecule has 0 fully saturated rings. The summed E-state index contributed by atoms with van der Waals surface area (Å²) in [5.41, 5.74) is 0.213. The van der Waals surface area contributed by atoms with Gasteiger partial charge in [-0.3, -0.25) is 14.9 Å². The van der Waals surface area contributed by atoms with E-state index in [4.69, 9.17) is 21.1 Å². The van der Waals surface area contributed by atoms with E-state index in [2.05, 4.69) is 5.32 Å². The minimum Gasteiger partial charge on any atom is -0.493 e. The number of nitro benzene ring substituents is 1. The van der Waals surface area contributed by atoms with Crippen LogP contribution in [0.5, 0.6) is 11.5 Å². The van der Waals surface area contributed by atoms with E-state index in [1.165, 1.54) is 20.3 Å². The fraction of sp³-hybridized carbons (Fsp3) is 0.188. The van der Waals surface area contributed by atoms with Crippen molar-refractivity contribution in [2.45, 2.75) is 6.54 Å². The second kappa shape index (κ2) is 7.65. The summed E-state index contributed by atoms with van der Waals surface area (Å²) in [6.07, 6.45) is 0.